The van der Waals surface area contributed by atoms with Gasteiger partial charge >= 0.3 is 11.9 Å². The molecule has 5 heteroatoms. The van der Waals surface area contributed by atoms with E-state index in [1.807, 2.05) is 45.4 Å². The number of allylic oxidation sites excluding steroid dienone is 6. The van der Waals surface area contributed by atoms with E-state index in [0.29, 0.717) is 17.4 Å². The Morgan fingerprint density at radius 1 is 1.00 bits per heavy atom. The lowest BCUT2D eigenvalue weighted by Crippen LogP contribution is -2.43. The Labute approximate surface area is 158 Å². The van der Waals surface area contributed by atoms with Crippen LogP contribution in [0.2, 0.25) is 0 Å². The highest BCUT2D eigenvalue weighted by Crippen LogP contribution is 2.09. The highest BCUT2D eigenvalue weighted by atomic mass is 16.5. The first kappa shape index (κ1) is 24.1. The first-order valence-electron chi connectivity index (χ1n) is 9.44. The van der Waals surface area contributed by atoms with Crippen molar-refractivity contribution < 1.29 is 23.9 Å². The maximum Gasteiger partial charge on any atom is 0.307 e. The molecule has 0 rings (SSSR count). The van der Waals surface area contributed by atoms with Gasteiger partial charge in [0.1, 0.15) is 6.54 Å². The van der Waals surface area contributed by atoms with Crippen molar-refractivity contribution in [2.75, 3.05) is 27.7 Å². The van der Waals surface area contributed by atoms with Crippen LogP contribution in [0.15, 0.2) is 36.5 Å². The molecule has 0 saturated heterocycles. The standard InChI is InChI=1S/C21H35NO4/c1-5-6-7-8-9-10-11-12-13-14-15-16-21(25)26-19(17-20(23)24)18-22(2,3)4/h6-11,19H,5,12-18H2,1-4H3/p+1/b7-6+,9-8+,11-10+. The molecule has 0 spiro atoms. The van der Waals surface area contributed by atoms with Crippen molar-refractivity contribution in [3.8, 4) is 0 Å². The number of likely N-dealkylation sites (N-methyl/N-ethyl adjacent to an activating group) is 1. The zero-order valence-electron chi connectivity index (χ0n) is 16.8. The van der Waals surface area contributed by atoms with Crippen molar-refractivity contribution in [2.45, 2.75) is 58.0 Å². The molecule has 0 aliphatic rings. The molecule has 148 valence electrons. The number of carboxylic acids is 1. The molecule has 0 aromatic heterocycles. The van der Waals surface area contributed by atoms with E-state index in [9.17, 15) is 9.59 Å². The Morgan fingerprint density at radius 3 is 2.23 bits per heavy atom. The number of carbonyl (C=O) groups excluding carboxylic acids is 1. The number of esters is 1. The molecule has 1 N–H and O–H groups in total. The molecule has 5 nitrogen and oxygen atoms in total. The molecule has 1 unspecified atom stereocenters. The van der Waals surface area contributed by atoms with Crippen LogP contribution in [0.25, 0.3) is 0 Å². The van der Waals surface area contributed by atoms with Gasteiger partial charge in [-0.2, -0.15) is 0 Å². The molecular formula is C21H36NO4+. The number of carboxylic acid groups (broad SMARTS) is 1. The molecule has 0 bridgehead atoms. The minimum absolute atomic E-state index is 0.146. The van der Waals surface area contributed by atoms with Gasteiger partial charge in [-0.05, 0) is 25.7 Å². The number of hydrogen-bond donors (Lipinski definition) is 1. The van der Waals surface area contributed by atoms with E-state index in [0.717, 1.165) is 32.1 Å². The maximum absolute atomic E-state index is 11.9. The summed E-state index contributed by atoms with van der Waals surface area (Å²) in [4.78, 5) is 22.9. The Balaban J connectivity index is 3.95. The van der Waals surface area contributed by atoms with E-state index >= 15 is 0 Å². The van der Waals surface area contributed by atoms with E-state index < -0.39 is 12.1 Å². The van der Waals surface area contributed by atoms with Crippen molar-refractivity contribution in [1.82, 2.24) is 0 Å². The zero-order chi connectivity index (χ0) is 19.8. The molecule has 0 fully saturated rings. The summed E-state index contributed by atoms with van der Waals surface area (Å²) in [6, 6.07) is 0. The first-order chi connectivity index (χ1) is 12.2. The Hall–Kier alpha value is -1.88. The van der Waals surface area contributed by atoms with Crippen molar-refractivity contribution in [2.24, 2.45) is 0 Å². The summed E-state index contributed by atoms with van der Waals surface area (Å²) < 4.78 is 5.92. The molecule has 0 aliphatic carbocycles. The average molecular weight is 367 g/mol. The number of quaternary nitrogens is 1. The summed E-state index contributed by atoms with van der Waals surface area (Å²) in [5.74, 6) is -1.24. The molecule has 0 radical (unpaired) electrons. The lowest BCUT2D eigenvalue weighted by atomic mass is 10.1. The molecule has 0 amide bonds. The number of ether oxygens (including phenoxy) is 1. The first-order valence-corrected chi connectivity index (χ1v) is 9.44. The fraction of sp³-hybridized carbons (Fsp3) is 0.619. The SMILES string of the molecule is CC/C=C/C=C/C=C/CCCCCC(=O)OC(CC(=O)O)C[N+](C)(C)C. The second kappa shape index (κ2) is 14.3. The number of unbranched alkanes of at least 4 members (excludes halogenated alkanes) is 3. The fourth-order valence-electron chi connectivity index (χ4n) is 2.42. The van der Waals surface area contributed by atoms with E-state index in [4.69, 9.17) is 9.84 Å². The van der Waals surface area contributed by atoms with Crippen LogP contribution in [0, 0.1) is 0 Å². The molecule has 0 aliphatic heterocycles. The van der Waals surface area contributed by atoms with Crippen LogP contribution in [0.1, 0.15) is 51.9 Å². The van der Waals surface area contributed by atoms with E-state index in [1.54, 1.807) is 0 Å². The fourth-order valence-corrected chi connectivity index (χ4v) is 2.42. The topological polar surface area (TPSA) is 63.6 Å². The van der Waals surface area contributed by atoms with Crippen LogP contribution >= 0.6 is 0 Å². The minimum atomic E-state index is -0.942. The van der Waals surface area contributed by atoms with Crippen molar-refractivity contribution in [1.29, 1.82) is 0 Å². The van der Waals surface area contributed by atoms with Crippen LogP contribution in [0.5, 0.6) is 0 Å². The van der Waals surface area contributed by atoms with Gasteiger partial charge in [0.05, 0.1) is 27.6 Å². The predicted octanol–water partition coefficient (Wildman–Crippen LogP) is 4.11. The van der Waals surface area contributed by atoms with Crippen LogP contribution < -0.4 is 0 Å². The van der Waals surface area contributed by atoms with E-state index in [1.165, 1.54) is 0 Å². The van der Waals surface area contributed by atoms with Crippen molar-refractivity contribution >= 4 is 11.9 Å². The molecule has 26 heavy (non-hydrogen) atoms. The van der Waals surface area contributed by atoms with Crippen LogP contribution in [0.3, 0.4) is 0 Å². The summed E-state index contributed by atoms with van der Waals surface area (Å²) >= 11 is 0. The normalized spacial score (nSPS) is 13.7. The summed E-state index contributed by atoms with van der Waals surface area (Å²) in [5, 5.41) is 8.96. The molecular weight excluding hydrogens is 330 g/mol. The average Bonchev–Trinajstić information content (AvgIpc) is 2.50. The Morgan fingerprint density at radius 2 is 1.65 bits per heavy atom. The van der Waals surface area contributed by atoms with Crippen LogP contribution in [0.4, 0.5) is 0 Å². The summed E-state index contributed by atoms with van der Waals surface area (Å²) in [6.45, 7) is 2.59. The van der Waals surface area contributed by atoms with Crippen LogP contribution in [-0.2, 0) is 14.3 Å². The van der Waals surface area contributed by atoms with E-state index in [-0.39, 0.29) is 12.4 Å². The third kappa shape index (κ3) is 17.0. The quantitative estimate of drug-likeness (QED) is 0.217. The number of aliphatic carboxylic acids is 1. The molecule has 0 aromatic rings. The van der Waals surface area contributed by atoms with Crippen molar-refractivity contribution in [3.63, 3.8) is 0 Å². The predicted molar refractivity (Wildman–Crippen MR) is 106 cm³/mol. The van der Waals surface area contributed by atoms with Gasteiger partial charge in [0.25, 0.3) is 0 Å². The molecule has 0 heterocycles. The lowest BCUT2D eigenvalue weighted by Gasteiger charge is -2.28. The lowest BCUT2D eigenvalue weighted by molar-refractivity contribution is -0.873. The minimum Gasteiger partial charge on any atom is -0.481 e. The molecule has 1 atom stereocenters. The van der Waals surface area contributed by atoms with Gasteiger partial charge in [-0.25, -0.2) is 0 Å². The number of rotatable bonds is 14. The summed E-state index contributed by atoms with van der Waals surface area (Å²) in [5.41, 5.74) is 0. The third-order valence-electron chi connectivity index (χ3n) is 3.54. The van der Waals surface area contributed by atoms with Gasteiger partial charge in [-0.15, -0.1) is 0 Å². The van der Waals surface area contributed by atoms with E-state index in [2.05, 4.69) is 19.1 Å². The summed E-state index contributed by atoms with van der Waals surface area (Å²) in [7, 11) is 5.85. The largest absolute Gasteiger partial charge is 0.481 e. The highest BCUT2D eigenvalue weighted by molar-refractivity contribution is 5.71. The van der Waals surface area contributed by atoms with Gasteiger partial charge in [0.15, 0.2) is 6.10 Å². The second-order valence-electron chi connectivity index (χ2n) is 7.43. The maximum atomic E-state index is 11.9. The van der Waals surface area contributed by atoms with Gasteiger partial charge in [-0.3, -0.25) is 9.59 Å². The second-order valence-corrected chi connectivity index (χ2v) is 7.43. The number of hydrogen-bond acceptors (Lipinski definition) is 3. The van der Waals surface area contributed by atoms with Gasteiger partial charge < -0.3 is 14.3 Å². The Kier molecular flexibility index (Phi) is 13.3. The van der Waals surface area contributed by atoms with Crippen molar-refractivity contribution in [3.05, 3.63) is 36.5 Å². The molecule has 0 aromatic carbocycles. The monoisotopic (exact) mass is 366 g/mol. The third-order valence-corrected chi connectivity index (χ3v) is 3.54. The zero-order valence-corrected chi connectivity index (χ0v) is 16.8. The molecule has 0 saturated carbocycles. The number of nitrogens with zero attached hydrogens (tertiary/aromatic N) is 1. The highest BCUT2D eigenvalue weighted by Gasteiger charge is 2.24. The van der Waals surface area contributed by atoms with Gasteiger partial charge in [-0.1, -0.05) is 49.8 Å². The Bertz CT molecular complexity index is 487. The summed E-state index contributed by atoms with van der Waals surface area (Å²) in [6.07, 6.45) is 16.7. The smallest absolute Gasteiger partial charge is 0.307 e. The van der Waals surface area contributed by atoms with Gasteiger partial charge in [0, 0.05) is 6.42 Å². The van der Waals surface area contributed by atoms with Gasteiger partial charge in [0.2, 0.25) is 0 Å². The number of carbonyl (C=O) groups is 2. The van der Waals surface area contributed by atoms with Crippen LogP contribution in [-0.4, -0.2) is 55.3 Å².